The summed E-state index contributed by atoms with van der Waals surface area (Å²) < 4.78 is 5.71. The molecule has 0 unspecified atom stereocenters. The van der Waals surface area contributed by atoms with Crippen LogP contribution in [0.4, 0.5) is 0 Å². The molecule has 0 aliphatic heterocycles. The zero-order chi connectivity index (χ0) is 14.5. The third kappa shape index (κ3) is 3.04. The van der Waals surface area contributed by atoms with Crippen molar-refractivity contribution in [1.82, 2.24) is 9.97 Å². The first kappa shape index (κ1) is 12.8. The van der Waals surface area contributed by atoms with Crippen LogP contribution in [0.15, 0.2) is 67.3 Å². The Morgan fingerprint density at radius 1 is 0.857 bits per heavy atom. The van der Waals surface area contributed by atoms with E-state index in [0.29, 0.717) is 17.1 Å². The first-order valence-electron chi connectivity index (χ1n) is 6.38. The lowest BCUT2D eigenvalue weighted by Gasteiger charge is -2.07. The molecule has 0 radical (unpaired) electrons. The lowest BCUT2D eigenvalue weighted by Crippen LogP contribution is -1.87. The van der Waals surface area contributed by atoms with E-state index in [0.717, 1.165) is 11.1 Å². The Balaban J connectivity index is 1.87. The number of rotatable bonds is 3. The first-order valence-corrected chi connectivity index (χ1v) is 6.38. The predicted octanol–water partition coefficient (Wildman–Crippen LogP) is 3.81. The van der Waals surface area contributed by atoms with Crippen LogP contribution >= 0.6 is 0 Å². The molecule has 0 saturated carbocycles. The Morgan fingerprint density at radius 2 is 1.67 bits per heavy atom. The summed E-state index contributed by atoms with van der Waals surface area (Å²) in [6, 6.07) is 15.0. The van der Waals surface area contributed by atoms with Gasteiger partial charge >= 0.3 is 0 Å². The van der Waals surface area contributed by atoms with E-state index >= 15 is 0 Å². The molecule has 21 heavy (non-hydrogen) atoms. The number of nitriles is 1. The van der Waals surface area contributed by atoms with Crippen molar-refractivity contribution in [3.63, 3.8) is 0 Å². The van der Waals surface area contributed by atoms with Gasteiger partial charge in [0.1, 0.15) is 11.5 Å². The van der Waals surface area contributed by atoms with Crippen LogP contribution in [0.5, 0.6) is 11.5 Å². The van der Waals surface area contributed by atoms with E-state index in [1.54, 1.807) is 36.9 Å². The Bertz CT molecular complexity index is 777. The summed E-state index contributed by atoms with van der Waals surface area (Å²) in [5.74, 6) is 1.31. The fourth-order valence-corrected chi connectivity index (χ4v) is 1.91. The fourth-order valence-electron chi connectivity index (χ4n) is 1.91. The third-order valence-corrected chi connectivity index (χ3v) is 2.93. The van der Waals surface area contributed by atoms with Crippen molar-refractivity contribution in [2.24, 2.45) is 0 Å². The molecule has 2 aromatic heterocycles. The molecule has 0 atom stereocenters. The quantitative estimate of drug-likeness (QED) is 0.728. The molecular weight excluding hydrogens is 262 g/mol. The Hall–Kier alpha value is -3.19. The number of hydrogen-bond donors (Lipinski definition) is 0. The van der Waals surface area contributed by atoms with Gasteiger partial charge in [-0.05, 0) is 35.9 Å². The predicted molar refractivity (Wildman–Crippen MR) is 78.7 cm³/mol. The molecule has 0 N–H and O–H groups in total. The van der Waals surface area contributed by atoms with Gasteiger partial charge in [0.2, 0.25) is 0 Å². The highest BCUT2D eigenvalue weighted by atomic mass is 16.5. The maximum atomic E-state index is 8.82. The van der Waals surface area contributed by atoms with Crippen LogP contribution in [-0.4, -0.2) is 9.97 Å². The number of ether oxygens (including phenoxy) is 1. The van der Waals surface area contributed by atoms with Crippen molar-refractivity contribution >= 4 is 0 Å². The zero-order valence-electron chi connectivity index (χ0n) is 11.1. The van der Waals surface area contributed by atoms with Gasteiger partial charge in [-0.3, -0.25) is 9.97 Å². The lowest BCUT2D eigenvalue weighted by atomic mass is 10.1. The van der Waals surface area contributed by atoms with E-state index in [1.807, 2.05) is 30.3 Å². The van der Waals surface area contributed by atoms with Gasteiger partial charge in [0.25, 0.3) is 0 Å². The van der Waals surface area contributed by atoms with Crippen LogP contribution in [0, 0.1) is 11.3 Å². The van der Waals surface area contributed by atoms with Gasteiger partial charge in [0, 0.05) is 18.0 Å². The first-order chi connectivity index (χ1) is 10.3. The summed E-state index contributed by atoms with van der Waals surface area (Å²) in [5.41, 5.74) is 2.55. The maximum Gasteiger partial charge on any atom is 0.146 e. The number of pyridine rings is 2. The minimum atomic E-state index is 0.634. The molecule has 2 heterocycles. The molecule has 0 saturated heterocycles. The van der Waals surface area contributed by atoms with E-state index < -0.39 is 0 Å². The molecule has 3 rings (SSSR count). The van der Waals surface area contributed by atoms with Crippen LogP contribution in [0.1, 0.15) is 5.56 Å². The number of aromatic nitrogens is 2. The zero-order valence-corrected chi connectivity index (χ0v) is 11.1. The monoisotopic (exact) mass is 273 g/mol. The van der Waals surface area contributed by atoms with Crippen molar-refractivity contribution in [1.29, 1.82) is 5.26 Å². The highest BCUT2D eigenvalue weighted by Crippen LogP contribution is 2.25. The van der Waals surface area contributed by atoms with E-state index in [4.69, 9.17) is 10.00 Å². The number of benzene rings is 1. The molecule has 3 aromatic rings. The maximum absolute atomic E-state index is 8.82. The van der Waals surface area contributed by atoms with E-state index in [2.05, 4.69) is 16.0 Å². The normalized spacial score (nSPS) is 9.86. The van der Waals surface area contributed by atoms with Crippen molar-refractivity contribution < 1.29 is 4.74 Å². The van der Waals surface area contributed by atoms with Crippen LogP contribution in [0.25, 0.3) is 11.1 Å². The van der Waals surface area contributed by atoms with Crippen LogP contribution < -0.4 is 4.74 Å². The lowest BCUT2D eigenvalue weighted by molar-refractivity contribution is 0.478. The highest BCUT2D eigenvalue weighted by molar-refractivity contribution is 5.64. The minimum Gasteiger partial charge on any atom is -0.454 e. The van der Waals surface area contributed by atoms with Crippen molar-refractivity contribution in [2.75, 3.05) is 0 Å². The van der Waals surface area contributed by atoms with Gasteiger partial charge < -0.3 is 4.74 Å². The summed E-state index contributed by atoms with van der Waals surface area (Å²) in [7, 11) is 0. The number of hydrogen-bond acceptors (Lipinski definition) is 4. The van der Waals surface area contributed by atoms with Gasteiger partial charge in [-0.25, -0.2) is 0 Å². The summed E-state index contributed by atoms with van der Waals surface area (Å²) in [4.78, 5) is 8.19. The summed E-state index contributed by atoms with van der Waals surface area (Å²) >= 11 is 0. The molecule has 1 aromatic carbocycles. The van der Waals surface area contributed by atoms with Gasteiger partial charge in [-0.2, -0.15) is 5.26 Å². The molecule has 0 aliphatic carbocycles. The van der Waals surface area contributed by atoms with Gasteiger partial charge in [0.05, 0.1) is 24.0 Å². The van der Waals surface area contributed by atoms with E-state index in [-0.39, 0.29) is 0 Å². The summed E-state index contributed by atoms with van der Waals surface area (Å²) in [5, 5.41) is 8.82. The van der Waals surface area contributed by atoms with Gasteiger partial charge in [-0.1, -0.05) is 12.1 Å². The molecule has 0 spiro atoms. The smallest absolute Gasteiger partial charge is 0.146 e. The van der Waals surface area contributed by atoms with Crippen molar-refractivity contribution in [2.45, 2.75) is 0 Å². The molecule has 0 bridgehead atoms. The van der Waals surface area contributed by atoms with Crippen LogP contribution in [0.2, 0.25) is 0 Å². The van der Waals surface area contributed by atoms with Crippen molar-refractivity contribution in [3.05, 3.63) is 72.8 Å². The number of nitrogens with zero attached hydrogens (tertiary/aromatic N) is 3. The second-order valence-corrected chi connectivity index (χ2v) is 4.39. The molecule has 4 nitrogen and oxygen atoms in total. The van der Waals surface area contributed by atoms with Gasteiger partial charge in [0.15, 0.2) is 0 Å². The third-order valence-electron chi connectivity index (χ3n) is 2.93. The van der Waals surface area contributed by atoms with Crippen LogP contribution in [0.3, 0.4) is 0 Å². The summed E-state index contributed by atoms with van der Waals surface area (Å²) in [6.45, 7) is 0. The average Bonchev–Trinajstić information content (AvgIpc) is 2.56. The molecule has 0 aliphatic rings. The topological polar surface area (TPSA) is 58.8 Å². The largest absolute Gasteiger partial charge is 0.454 e. The Kier molecular flexibility index (Phi) is 3.57. The van der Waals surface area contributed by atoms with Gasteiger partial charge in [-0.15, -0.1) is 0 Å². The van der Waals surface area contributed by atoms with Crippen molar-refractivity contribution in [3.8, 4) is 28.7 Å². The minimum absolute atomic E-state index is 0.634. The fraction of sp³-hybridized carbons (Fsp3) is 0. The average molecular weight is 273 g/mol. The molecule has 0 amide bonds. The second kappa shape index (κ2) is 5.85. The van der Waals surface area contributed by atoms with Crippen LogP contribution in [-0.2, 0) is 0 Å². The standard InChI is InChI=1S/C17H11N3O/c18-9-13-3-5-14(6-4-13)15-8-17(12-20-10-15)21-16-2-1-7-19-11-16/h1-8,10-12H. The summed E-state index contributed by atoms with van der Waals surface area (Å²) in [6.07, 6.45) is 6.75. The molecule has 4 heteroatoms. The molecular formula is C17H11N3O. The van der Waals surface area contributed by atoms with E-state index in [9.17, 15) is 0 Å². The Labute approximate surface area is 122 Å². The van der Waals surface area contributed by atoms with E-state index in [1.165, 1.54) is 0 Å². The SMILES string of the molecule is N#Cc1ccc(-c2cncc(Oc3cccnc3)c2)cc1. The molecule has 100 valence electrons. The molecule has 0 fully saturated rings. The second-order valence-electron chi connectivity index (χ2n) is 4.39. The highest BCUT2D eigenvalue weighted by Gasteiger charge is 2.03. The Morgan fingerprint density at radius 3 is 2.38 bits per heavy atom.